The van der Waals surface area contributed by atoms with Crippen molar-refractivity contribution in [2.75, 3.05) is 5.43 Å². The van der Waals surface area contributed by atoms with E-state index >= 15 is 0 Å². The third kappa shape index (κ3) is 1.50. The van der Waals surface area contributed by atoms with E-state index in [0.717, 1.165) is 11.2 Å². The van der Waals surface area contributed by atoms with Gasteiger partial charge in [-0.1, -0.05) is 0 Å². The molecular formula is C7H8ClN3S. The summed E-state index contributed by atoms with van der Waals surface area (Å²) in [7, 11) is 0. The van der Waals surface area contributed by atoms with Crippen LogP contribution in [0.3, 0.4) is 0 Å². The first-order valence-electron chi connectivity index (χ1n) is 3.20. The molecule has 0 aliphatic carbocycles. The van der Waals surface area contributed by atoms with Crippen molar-refractivity contribution in [1.82, 2.24) is 4.98 Å². The molecule has 0 saturated heterocycles. The number of benzene rings is 1. The van der Waals surface area contributed by atoms with Crippen molar-refractivity contribution in [3.8, 4) is 0 Å². The Morgan fingerprint density at radius 1 is 1.42 bits per heavy atom. The molecule has 2 aromatic rings. The summed E-state index contributed by atoms with van der Waals surface area (Å²) in [5.41, 5.74) is 6.28. The standard InChI is InChI=1S/C7H7N3S.ClH/c8-10-5-1-2-7-6(3-5)9-4-11-7;/h1-4,10H,8H2;1H. The second kappa shape index (κ2) is 3.71. The lowest BCUT2D eigenvalue weighted by molar-refractivity contribution is 1.35. The number of fused-ring (bicyclic) bond motifs is 1. The van der Waals surface area contributed by atoms with Crippen molar-refractivity contribution in [1.29, 1.82) is 0 Å². The van der Waals surface area contributed by atoms with Gasteiger partial charge in [0, 0.05) is 0 Å². The second-order valence-electron chi connectivity index (χ2n) is 2.18. The van der Waals surface area contributed by atoms with Gasteiger partial charge in [-0.05, 0) is 18.2 Å². The Bertz CT molecular complexity index is 373. The van der Waals surface area contributed by atoms with Crippen LogP contribution in [0.2, 0.25) is 0 Å². The highest BCUT2D eigenvalue weighted by Gasteiger charge is 1.95. The van der Waals surface area contributed by atoms with Crippen molar-refractivity contribution < 1.29 is 0 Å². The molecule has 64 valence electrons. The molecule has 0 amide bonds. The van der Waals surface area contributed by atoms with E-state index < -0.39 is 0 Å². The van der Waals surface area contributed by atoms with Crippen LogP contribution in [0.1, 0.15) is 0 Å². The summed E-state index contributed by atoms with van der Waals surface area (Å²) < 4.78 is 1.18. The highest BCUT2D eigenvalue weighted by Crippen LogP contribution is 2.20. The molecule has 1 heterocycles. The van der Waals surface area contributed by atoms with E-state index in [0.29, 0.717) is 0 Å². The molecular weight excluding hydrogens is 194 g/mol. The lowest BCUT2D eigenvalue weighted by Gasteiger charge is -1.96. The summed E-state index contributed by atoms with van der Waals surface area (Å²) in [4.78, 5) is 4.15. The van der Waals surface area contributed by atoms with Crippen LogP contribution in [0.25, 0.3) is 10.2 Å². The number of nitrogens with zero attached hydrogens (tertiary/aromatic N) is 1. The maximum atomic E-state index is 5.24. The van der Waals surface area contributed by atoms with Gasteiger partial charge in [0.25, 0.3) is 0 Å². The van der Waals surface area contributed by atoms with Crippen molar-refractivity contribution >= 4 is 39.6 Å². The average Bonchev–Trinajstić information content (AvgIpc) is 2.50. The van der Waals surface area contributed by atoms with Gasteiger partial charge in [-0.25, -0.2) is 4.98 Å². The number of thiazole rings is 1. The quantitative estimate of drug-likeness (QED) is 0.548. The summed E-state index contributed by atoms with van der Waals surface area (Å²) in [6.07, 6.45) is 0. The second-order valence-corrected chi connectivity index (χ2v) is 3.07. The predicted molar refractivity (Wildman–Crippen MR) is 54.7 cm³/mol. The molecule has 0 spiro atoms. The van der Waals surface area contributed by atoms with Crippen LogP contribution < -0.4 is 11.3 Å². The van der Waals surface area contributed by atoms with Gasteiger partial charge < -0.3 is 5.43 Å². The van der Waals surface area contributed by atoms with Crippen molar-refractivity contribution in [3.05, 3.63) is 23.7 Å². The number of nitrogens with two attached hydrogens (primary N) is 1. The zero-order valence-corrected chi connectivity index (χ0v) is 7.78. The minimum atomic E-state index is 0. The molecule has 0 bridgehead atoms. The zero-order valence-electron chi connectivity index (χ0n) is 6.15. The lowest BCUT2D eigenvalue weighted by Crippen LogP contribution is -2.05. The number of nitrogens with one attached hydrogen (secondary N) is 1. The van der Waals surface area contributed by atoms with Gasteiger partial charge in [0.15, 0.2) is 0 Å². The molecule has 12 heavy (non-hydrogen) atoms. The van der Waals surface area contributed by atoms with Crippen LogP contribution >= 0.6 is 23.7 Å². The number of hydrogen-bond acceptors (Lipinski definition) is 4. The molecule has 0 aliphatic rings. The molecule has 3 N–H and O–H groups in total. The summed E-state index contributed by atoms with van der Waals surface area (Å²) in [5, 5.41) is 0. The van der Waals surface area contributed by atoms with Crippen molar-refractivity contribution in [3.63, 3.8) is 0 Å². The monoisotopic (exact) mass is 201 g/mol. The fraction of sp³-hybridized carbons (Fsp3) is 0. The summed E-state index contributed by atoms with van der Waals surface area (Å²) in [6, 6.07) is 5.86. The van der Waals surface area contributed by atoms with E-state index in [9.17, 15) is 0 Å². The number of aromatic nitrogens is 1. The molecule has 0 atom stereocenters. The summed E-state index contributed by atoms with van der Waals surface area (Å²) >= 11 is 1.63. The minimum absolute atomic E-state index is 0. The Kier molecular flexibility index (Phi) is 2.86. The van der Waals surface area contributed by atoms with Crippen LogP contribution in [0, 0.1) is 0 Å². The van der Waals surface area contributed by atoms with Crippen LogP contribution in [-0.2, 0) is 0 Å². The van der Waals surface area contributed by atoms with E-state index in [1.54, 1.807) is 11.3 Å². The molecule has 0 unspecified atom stereocenters. The minimum Gasteiger partial charge on any atom is -0.324 e. The Hall–Kier alpha value is -0.840. The zero-order chi connectivity index (χ0) is 7.68. The first-order chi connectivity index (χ1) is 5.40. The molecule has 1 aromatic carbocycles. The van der Waals surface area contributed by atoms with Gasteiger partial charge in [-0.3, -0.25) is 5.84 Å². The van der Waals surface area contributed by atoms with Gasteiger partial charge >= 0.3 is 0 Å². The normalized spacial score (nSPS) is 9.42. The van der Waals surface area contributed by atoms with Crippen LogP contribution in [0.4, 0.5) is 5.69 Å². The fourth-order valence-electron chi connectivity index (χ4n) is 0.948. The topological polar surface area (TPSA) is 50.9 Å². The van der Waals surface area contributed by atoms with Gasteiger partial charge in [0.2, 0.25) is 0 Å². The number of anilines is 1. The molecule has 0 radical (unpaired) electrons. The van der Waals surface area contributed by atoms with Gasteiger partial charge in [-0.15, -0.1) is 23.7 Å². The van der Waals surface area contributed by atoms with E-state index in [2.05, 4.69) is 10.4 Å². The Morgan fingerprint density at radius 2 is 2.25 bits per heavy atom. The number of rotatable bonds is 1. The smallest absolute Gasteiger partial charge is 0.0833 e. The SMILES string of the molecule is Cl.NNc1ccc2scnc2c1. The summed E-state index contributed by atoms with van der Waals surface area (Å²) in [6.45, 7) is 0. The van der Waals surface area contributed by atoms with Gasteiger partial charge in [0.05, 0.1) is 21.4 Å². The molecule has 0 fully saturated rings. The van der Waals surface area contributed by atoms with Crippen LogP contribution in [0.5, 0.6) is 0 Å². The Balaban J connectivity index is 0.000000720. The first kappa shape index (κ1) is 9.25. The van der Waals surface area contributed by atoms with Crippen molar-refractivity contribution in [2.24, 2.45) is 5.84 Å². The highest BCUT2D eigenvalue weighted by molar-refractivity contribution is 7.16. The van der Waals surface area contributed by atoms with Gasteiger partial charge in [-0.2, -0.15) is 0 Å². The molecule has 1 aromatic heterocycles. The Labute approximate surface area is 80.0 Å². The molecule has 0 saturated carbocycles. The number of nitrogen functional groups attached to an aromatic ring is 1. The van der Waals surface area contributed by atoms with E-state index in [4.69, 9.17) is 5.84 Å². The van der Waals surface area contributed by atoms with Crippen molar-refractivity contribution in [2.45, 2.75) is 0 Å². The third-order valence-corrected chi connectivity index (χ3v) is 2.31. The predicted octanol–water partition coefficient (Wildman–Crippen LogP) is 2.00. The number of hydrazine groups is 1. The highest BCUT2D eigenvalue weighted by atomic mass is 35.5. The number of hydrogen-bond donors (Lipinski definition) is 2. The van der Waals surface area contributed by atoms with Crippen LogP contribution in [0.15, 0.2) is 23.7 Å². The van der Waals surface area contributed by atoms with E-state index in [-0.39, 0.29) is 12.4 Å². The van der Waals surface area contributed by atoms with Gasteiger partial charge in [0.1, 0.15) is 0 Å². The maximum absolute atomic E-state index is 5.24. The third-order valence-electron chi connectivity index (χ3n) is 1.50. The largest absolute Gasteiger partial charge is 0.324 e. The molecule has 5 heteroatoms. The first-order valence-corrected chi connectivity index (χ1v) is 4.08. The number of halogens is 1. The molecule has 2 rings (SSSR count). The fourth-order valence-corrected chi connectivity index (χ4v) is 1.61. The van der Waals surface area contributed by atoms with E-state index in [1.807, 2.05) is 23.7 Å². The maximum Gasteiger partial charge on any atom is 0.0833 e. The molecule has 0 aliphatic heterocycles. The molecule has 3 nitrogen and oxygen atoms in total. The van der Waals surface area contributed by atoms with Crippen LogP contribution in [-0.4, -0.2) is 4.98 Å². The van der Waals surface area contributed by atoms with E-state index in [1.165, 1.54) is 4.70 Å². The Morgan fingerprint density at radius 3 is 3.00 bits per heavy atom. The average molecular weight is 202 g/mol. The lowest BCUT2D eigenvalue weighted by atomic mass is 10.3. The summed E-state index contributed by atoms with van der Waals surface area (Å²) in [5.74, 6) is 5.24.